The van der Waals surface area contributed by atoms with E-state index in [0.717, 1.165) is 0 Å². The molecular formula is C18H26F3NO4. The van der Waals surface area contributed by atoms with Gasteiger partial charge in [-0.3, -0.25) is 4.79 Å². The molecule has 0 aliphatic rings. The number of benzene rings is 1. The summed E-state index contributed by atoms with van der Waals surface area (Å²) >= 11 is 0. The first-order chi connectivity index (χ1) is 11.9. The Morgan fingerprint density at radius 1 is 1.27 bits per heavy atom. The summed E-state index contributed by atoms with van der Waals surface area (Å²) in [6.07, 6.45) is -5.77. The first-order valence-electron chi connectivity index (χ1n) is 8.33. The molecule has 8 heteroatoms. The molecule has 0 aliphatic carbocycles. The van der Waals surface area contributed by atoms with Gasteiger partial charge in [0, 0.05) is 6.61 Å². The number of ether oxygens (including phenoxy) is 2. The molecular weight excluding hydrogens is 351 g/mol. The van der Waals surface area contributed by atoms with Crippen LogP contribution in [0.2, 0.25) is 0 Å². The van der Waals surface area contributed by atoms with Crippen LogP contribution in [0.4, 0.5) is 13.2 Å². The monoisotopic (exact) mass is 377 g/mol. The van der Waals surface area contributed by atoms with Crippen molar-refractivity contribution in [2.45, 2.75) is 52.6 Å². The lowest BCUT2D eigenvalue weighted by Crippen LogP contribution is -2.37. The summed E-state index contributed by atoms with van der Waals surface area (Å²) in [5.41, 5.74) is -0.0495. The maximum absolute atomic E-state index is 12.4. The SMILES string of the molecule is CCOC[C@H](NC(=O)C[C@H](O)C(C)(C)C)c1cccc(OC(F)(F)F)c1. The molecule has 0 radical (unpaired) electrons. The third kappa shape index (κ3) is 8.05. The predicted octanol–water partition coefficient (Wildman–Crippen LogP) is 3.58. The highest BCUT2D eigenvalue weighted by Crippen LogP contribution is 2.26. The van der Waals surface area contributed by atoms with E-state index in [1.807, 2.05) is 0 Å². The van der Waals surface area contributed by atoms with Crippen molar-refractivity contribution in [1.29, 1.82) is 0 Å². The molecule has 0 bridgehead atoms. The van der Waals surface area contributed by atoms with Crippen molar-refractivity contribution in [1.82, 2.24) is 5.32 Å². The summed E-state index contributed by atoms with van der Waals surface area (Å²) in [6, 6.07) is 4.71. The fraction of sp³-hybridized carbons (Fsp3) is 0.611. The molecule has 0 unspecified atom stereocenters. The van der Waals surface area contributed by atoms with Crippen LogP contribution in [0.25, 0.3) is 0 Å². The number of aliphatic hydroxyl groups excluding tert-OH is 1. The van der Waals surface area contributed by atoms with E-state index in [1.165, 1.54) is 18.2 Å². The number of carbonyl (C=O) groups is 1. The van der Waals surface area contributed by atoms with Gasteiger partial charge in [0.25, 0.3) is 0 Å². The number of halogens is 3. The summed E-state index contributed by atoms with van der Waals surface area (Å²) in [7, 11) is 0. The Morgan fingerprint density at radius 3 is 2.46 bits per heavy atom. The second kappa shape index (κ2) is 9.23. The van der Waals surface area contributed by atoms with Crippen molar-refractivity contribution < 1.29 is 32.5 Å². The van der Waals surface area contributed by atoms with Gasteiger partial charge in [-0.15, -0.1) is 13.2 Å². The molecule has 0 aliphatic heterocycles. The normalized spacial score (nSPS) is 14.6. The average Bonchev–Trinajstić information content (AvgIpc) is 2.49. The highest BCUT2D eigenvalue weighted by molar-refractivity contribution is 5.77. The van der Waals surface area contributed by atoms with Crippen LogP contribution in [0.15, 0.2) is 24.3 Å². The molecule has 1 aromatic rings. The van der Waals surface area contributed by atoms with Gasteiger partial charge >= 0.3 is 6.36 Å². The molecule has 2 atom stereocenters. The summed E-state index contributed by atoms with van der Waals surface area (Å²) in [5, 5.41) is 12.8. The van der Waals surface area contributed by atoms with Crippen LogP contribution < -0.4 is 10.1 Å². The Morgan fingerprint density at radius 2 is 1.92 bits per heavy atom. The number of alkyl halides is 3. The lowest BCUT2D eigenvalue weighted by atomic mass is 9.87. The Kier molecular flexibility index (Phi) is 7.89. The summed E-state index contributed by atoms with van der Waals surface area (Å²) < 4.78 is 46.4. The lowest BCUT2D eigenvalue weighted by Gasteiger charge is -2.26. The highest BCUT2D eigenvalue weighted by Gasteiger charge is 2.31. The topological polar surface area (TPSA) is 67.8 Å². The standard InChI is InChI=1S/C18H26F3NO4/c1-5-25-11-14(22-16(24)10-15(23)17(2,3)4)12-7-6-8-13(9-12)26-18(19,20)21/h6-9,14-15,23H,5,10-11H2,1-4H3,(H,22,24)/t14-,15-/m0/s1. The van der Waals surface area contributed by atoms with Gasteiger partial charge in [0.15, 0.2) is 0 Å². The summed E-state index contributed by atoms with van der Waals surface area (Å²) in [6.45, 7) is 7.66. The van der Waals surface area contributed by atoms with E-state index in [9.17, 15) is 23.1 Å². The van der Waals surface area contributed by atoms with E-state index in [4.69, 9.17) is 4.74 Å². The van der Waals surface area contributed by atoms with Crippen molar-refractivity contribution in [3.8, 4) is 5.75 Å². The number of rotatable bonds is 8. The molecule has 148 valence electrons. The Hall–Kier alpha value is -1.80. The molecule has 1 amide bonds. The molecule has 0 aromatic heterocycles. The van der Waals surface area contributed by atoms with Crippen LogP contribution >= 0.6 is 0 Å². The lowest BCUT2D eigenvalue weighted by molar-refractivity contribution is -0.274. The van der Waals surface area contributed by atoms with E-state index in [2.05, 4.69) is 10.1 Å². The van der Waals surface area contributed by atoms with Crippen LogP contribution in [0.1, 0.15) is 45.7 Å². The fourth-order valence-electron chi connectivity index (χ4n) is 2.12. The number of hydrogen-bond donors (Lipinski definition) is 2. The number of carbonyl (C=O) groups excluding carboxylic acids is 1. The minimum atomic E-state index is -4.80. The Labute approximate surface area is 151 Å². The first-order valence-corrected chi connectivity index (χ1v) is 8.33. The zero-order valence-electron chi connectivity index (χ0n) is 15.4. The van der Waals surface area contributed by atoms with Gasteiger partial charge in [-0.2, -0.15) is 0 Å². The van der Waals surface area contributed by atoms with Gasteiger partial charge in [0.1, 0.15) is 5.75 Å². The van der Waals surface area contributed by atoms with Crippen molar-refractivity contribution in [3.63, 3.8) is 0 Å². The van der Waals surface area contributed by atoms with E-state index < -0.39 is 29.8 Å². The third-order valence-electron chi connectivity index (χ3n) is 3.70. The minimum absolute atomic E-state index is 0.0866. The number of aliphatic hydroxyl groups is 1. The summed E-state index contributed by atoms with van der Waals surface area (Å²) in [4.78, 5) is 12.2. The smallest absolute Gasteiger partial charge is 0.406 e. The molecule has 0 saturated heterocycles. The maximum Gasteiger partial charge on any atom is 0.573 e. The van der Waals surface area contributed by atoms with Crippen LogP contribution in [0.5, 0.6) is 5.75 Å². The van der Waals surface area contributed by atoms with Gasteiger partial charge in [0.2, 0.25) is 5.91 Å². The van der Waals surface area contributed by atoms with Crippen LogP contribution in [0.3, 0.4) is 0 Å². The molecule has 5 nitrogen and oxygen atoms in total. The van der Waals surface area contributed by atoms with Gasteiger partial charge < -0.3 is 19.9 Å². The molecule has 26 heavy (non-hydrogen) atoms. The average molecular weight is 377 g/mol. The molecule has 1 rings (SSSR count). The van der Waals surface area contributed by atoms with Gasteiger partial charge in [-0.1, -0.05) is 32.9 Å². The Bertz CT molecular complexity index is 585. The van der Waals surface area contributed by atoms with Crippen LogP contribution in [0, 0.1) is 5.41 Å². The van der Waals surface area contributed by atoms with E-state index in [1.54, 1.807) is 33.8 Å². The van der Waals surface area contributed by atoms with E-state index in [0.29, 0.717) is 12.2 Å². The van der Waals surface area contributed by atoms with Gasteiger partial charge in [0.05, 0.1) is 25.2 Å². The summed E-state index contributed by atoms with van der Waals surface area (Å²) in [5.74, 6) is -0.792. The highest BCUT2D eigenvalue weighted by atomic mass is 19.4. The van der Waals surface area contributed by atoms with Gasteiger partial charge in [-0.25, -0.2) is 0 Å². The number of nitrogens with one attached hydrogen (secondary N) is 1. The van der Waals surface area contributed by atoms with Crippen molar-refractivity contribution in [3.05, 3.63) is 29.8 Å². The third-order valence-corrected chi connectivity index (χ3v) is 3.70. The zero-order valence-corrected chi connectivity index (χ0v) is 15.4. The molecule has 0 spiro atoms. The second-order valence-electron chi connectivity index (χ2n) is 6.99. The molecule has 0 heterocycles. The number of hydrogen-bond acceptors (Lipinski definition) is 4. The quantitative estimate of drug-likeness (QED) is 0.727. The number of amides is 1. The molecule has 1 aromatic carbocycles. The van der Waals surface area contributed by atoms with E-state index in [-0.39, 0.29) is 18.8 Å². The molecule has 2 N–H and O–H groups in total. The molecule has 0 saturated carbocycles. The van der Waals surface area contributed by atoms with Gasteiger partial charge in [-0.05, 0) is 30.0 Å². The predicted molar refractivity (Wildman–Crippen MR) is 90.6 cm³/mol. The van der Waals surface area contributed by atoms with Crippen LogP contribution in [-0.4, -0.2) is 36.7 Å². The maximum atomic E-state index is 12.4. The van der Waals surface area contributed by atoms with Crippen molar-refractivity contribution in [2.24, 2.45) is 5.41 Å². The van der Waals surface area contributed by atoms with E-state index >= 15 is 0 Å². The first kappa shape index (κ1) is 22.2. The van der Waals surface area contributed by atoms with Crippen LogP contribution in [-0.2, 0) is 9.53 Å². The zero-order chi connectivity index (χ0) is 20.0. The molecule has 0 fully saturated rings. The van der Waals surface area contributed by atoms with Crippen molar-refractivity contribution in [2.75, 3.05) is 13.2 Å². The van der Waals surface area contributed by atoms with Crippen molar-refractivity contribution >= 4 is 5.91 Å². The largest absolute Gasteiger partial charge is 0.573 e. The fourth-order valence-corrected chi connectivity index (χ4v) is 2.12. The second-order valence-corrected chi connectivity index (χ2v) is 6.99. The Balaban J connectivity index is 2.89. The minimum Gasteiger partial charge on any atom is -0.406 e.